The monoisotopic (exact) mass is 547 g/mol. The van der Waals surface area contributed by atoms with Crippen molar-refractivity contribution in [2.75, 3.05) is 25.5 Å². The SMILES string of the molecule is Cc1cnn([C@H](CCl)CN(CC(=O)N[C@H](c2ccccc2)C2CC2)CC(=O)N[C@@H](c2ccccc2)C2CC2)c1. The maximum atomic E-state index is 13.4. The third-order valence-electron chi connectivity index (χ3n) is 7.62. The van der Waals surface area contributed by atoms with Crippen LogP contribution in [0.1, 0.15) is 60.5 Å². The lowest BCUT2D eigenvalue weighted by Gasteiger charge is -2.28. The van der Waals surface area contributed by atoms with Crippen LogP contribution >= 0.6 is 11.6 Å². The molecule has 2 amide bonds. The number of nitrogens with zero attached hydrogens (tertiary/aromatic N) is 3. The number of carbonyl (C=O) groups is 2. The van der Waals surface area contributed by atoms with E-state index in [0.717, 1.165) is 42.4 Å². The number of carbonyl (C=O) groups excluding carboxylic acids is 2. The fraction of sp³-hybridized carbons (Fsp3) is 0.452. The van der Waals surface area contributed by atoms with Gasteiger partial charge in [-0.25, -0.2) is 0 Å². The van der Waals surface area contributed by atoms with Gasteiger partial charge in [0.1, 0.15) is 0 Å². The second-order valence-electron chi connectivity index (χ2n) is 11.1. The maximum Gasteiger partial charge on any atom is 0.234 e. The zero-order chi connectivity index (χ0) is 27.2. The Morgan fingerprint density at radius 2 is 1.38 bits per heavy atom. The van der Waals surface area contributed by atoms with Gasteiger partial charge < -0.3 is 10.6 Å². The van der Waals surface area contributed by atoms with Crippen molar-refractivity contribution in [3.63, 3.8) is 0 Å². The fourth-order valence-electron chi connectivity index (χ4n) is 5.29. The number of hydrogen-bond acceptors (Lipinski definition) is 4. The summed E-state index contributed by atoms with van der Waals surface area (Å²) in [4.78, 5) is 28.7. The summed E-state index contributed by atoms with van der Waals surface area (Å²) in [7, 11) is 0. The van der Waals surface area contributed by atoms with E-state index in [9.17, 15) is 9.59 Å². The number of aryl methyl sites for hydroxylation is 1. The molecule has 0 spiro atoms. The van der Waals surface area contributed by atoms with Gasteiger partial charge in [-0.15, -0.1) is 11.6 Å². The van der Waals surface area contributed by atoms with Crippen molar-refractivity contribution in [2.24, 2.45) is 11.8 Å². The molecule has 1 heterocycles. The van der Waals surface area contributed by atoms with Crippen LogP contribution in [0.25, 0.3) is 0 Å². The molecule has 0 unspecified atom stereocenters. The summed E-state index contributed by atoms with van der Waals surface area (Å²) in [6.07, 6.45) is 8.19. The Morgan fingerprint density at radius 1 is 0.897 bits per heavy atom. The third-order valence-corrected chi connectivity index (χ3v) is 7.98. The van der Waals surface area contributed by atoms with E-state index >= 15 is 0 Å². The standard InChI is InChI=1S/C31H38ClN5O2/c1-22-17-33-37(18-22)27(16-32)19-36(20-28(38)34-30(25-12-13-25)23-8-4-2-5-9-23)21-29(39)35-31(26-14-15-26)24-10-6-3-7-11-24/h2-11,17-18,25-27,30-31H,12-16,19-21H2,1H3,(H,34,38)(H,35,39)/t27-,30-,31+/m1/s1. The first-order valence-electron chi connectivity index (χ1n) is 14.0. The second-order valence-corrected chi connectivity index (χ2v) is 11.4. The van der Waals surface area contributed by atoms with E-state index in [1.807, 2.05) is 59.1 Å². The molecule has 2 aliphatic carbocycles. The van der Waals surface area contributed by atoms with Crippen molar-refractivity contribution in [3.8, 4) is 0 Å². The number of benzene rings is 2. The molecule has 7 nitrogen and oxygen atoms in total. The highest BCUT2D eigenvalue weighted by molar-refractivity contribution is 6.18. The Kier molecular flexibility index (Phi) is 8.99. The highest BCUT2D eigenvalue weighted by atomic mass is 35.5. The summed E-state index contributed by atoms with van der Waals surface area (Å²) in [6, 6.07) is 20.1. The molecule has 2 N–H and O–H groups in total. The summed E-state index contributed by atoms with van der Waals surface area (Å²) >= 11 is 6.37. The molecule has 0 radical (unpaired) electrons. The molecule has 2 fully saturated rings. The van der Waals surface area contributed by atoms with Gasteiger partial charge in [0.2, 0.25) is 11.8 Å². The molecule has 39 heavy (non-hydrogen) atoms. The quantitative estimate of drug-likeness (QED) is 0.284. The average molecular weight is 548 g/mol. The molecule has 8 heteroatoms. The molecule has 2 aromatic carbocycles. The zero-order valence-electron chi connectivity index (χ0n) is 22.5. The first kappa shape index (κ1) is 27.4. The van der Waals surface area contributed by atoms with Crippen LogP contribution in [0, 0.1) is 18.8 Å². The predicted octanol–water partition coefficient (Wildman–Crippen LogP) is 4.81. The van der Waals surface area contributed by atoms with Gasteiger partial charge in [-0.1, -0.05) is 60.7 Å². The Labute approximate surface area is 235 Å². The Bertz CT molecular complexity index is 1150. The van der Waals surface area contributed by atoms with Crippen molar-refractivity contribution in [2.45, 2.75) is 50.7 Å². The van der Waals surface area contributed by atoms with Crippen LogP contribution in [0.15, 0.2) is 73.1 Å². The van der Waals surface area contributed by atoms with E-state index in [2.05, 4.69) is 40.0 Å². The number of rotatable bonds is 14. The van der Waals surface area contributed by atoms with Crippen LogP contribution in [-0.4, -0.2) is 52.0 Å². The van der Waals surface area contributed by atoms with E-state index in [-0.39, 0.29) is 43.0 Å². The van der Waals surface area contributed by atoms with Gasteiger partial charge in [-0.2, -0.15) is 5.10 Å². The number of halogens is 1. The summed E-state index contributed by atoms with van der Waals surface area (Å²) in [5, 5.41) is 11.0. The molecule has 0 aliphatic heterocycles. The molecule has 0 saturated heterocycles. The third kappa shape index (κ3) is 7.70. The number of hydrogen-bond donors (Lipinski definition) is 2. The number of aromatic nitrogens is 2. The van der Waals surface area contributed by atoms with E-state index in [1.165, 1.54) is 0 Å². The van der Waals surface area contributed by atoms with Crippen molar-refractivity contribution >= 4 is 23.4 Å². The van der Waals surface area contributed by atoms with E-state index in [4.69, 9.17) is 11.6 Å². The zero-order valence-corrected chi connectivity index (χ0v) is 23.3. The lowest BCUT2D eigenvalue weighted by molar-refractivity contribution is -0.126. The molecule has 2 saturated carbocycles. The van der Waals surface area contributed by atoms with Crippen LogP contribution in [0.4, 0.5) is 0 Å². The van der Waals surface area contributed by atoms with Crippen molar-refractivity contribution in [3.05, 3.63) is 89.7 Å². The van der Waals surface area contributed by atoms with E-state index < -0.39 is 0 Å². The molecule has 0 bridgehead atoms. The predicted molar refractivity (Wildman–Crippen MR) is 153 cm³/mol. The van der Waals surface area contributed by atoms with Crippen LogP contribution in [0.3, 0.4) is 0 Å². The van der Waals surface area contributed by atoms with Crippen LogP contribution in [0.5, 0.6) is 0 Å². The lowest BCUT2D eigenvalue weighted by Crippen LogP contribution is -2.46. The van der Waals surface area contributed by atoms with Gasteiger partial charge >= 0.3 is 0 Å². The summed E-state index contributed by atoms with van der Waals surface area (Å²) < 4.78 is 1.83. The van der Waals surface area contributed by atoms with Crippen molar-refractivity contribution < 1.29 is 9.59 Å². The lowest BCUT2D eigenvalue weighted by atomic mass is 10.0. The van der Waals surface area contributed by atoms with Crippen LogP contribution in [-0.2, 0) is 9.59 Å². The van der Waals surface area contributed by atoms with E-state index in [0.29, 0.717) is 24.3 Å². The number of alkyl halides is 1. The minimum absolute atomic E-state index is 0.00991. The minimum Gasteiger partial charge on any atom is -0.348 e. The first-order chi connectivity index (χ1) is 19.0. The van der Waals surface area contributed by atoms with Gasteiger partial charge in [-0.05, 0) is 61.1 Å². The Morgan fingerprint density at radius 3 is 1.77 bits per heavy atom. The molecular weight excluding hydrogens is 510 g/mol. The van der Waals surface area contributed by atoms with Gasteiger partial charge in [0.05, 0.1) is 37.4 Å². The van der Waals surface area contributed by atoms with Gasteiger partial charge in [-0.3, -0.25) is 19.2 Å². The molecular formula is C31H38ClN5O2. The molecule has 1 aromatic heterocycles. The van der Waals surface area contributed by atoms with Crippen molar-refractivity contribution in [1.29, 1.82) is 0 Å². The molecule has 5 rings (SSSR count). The minimum atomic E-state index is -0.164. The van der Waals surface area contributed by atoms with Crippen molar-refractivity contribution in [1.82, 2.24) is 25.3 Å². The number of nitrogens with one attached hydrogen (secondary N) is 2. The van der Waals surface area contributed by atoms with Gasteiger partial charge in [0, 0.05) is 18.6 Å². The largest absolute Gasteiger partial charge is 0.348 e. The summed E-state index contributed by atoms with van der Waals surface area (Å²) in [6.45, 7) is 2.63. The second kappa shape index (κ2) is 12.8. The molecule has 3 aromatic rings. The smallest absolute Gasteiger partial charge is 0.234 e. The average Bonchev–Trinajstić information content (AvgIpc) is 3.88. The van der Waals surface area contributed by atoms with Crippen LogP contribution < -0.4 is 10.6 Å². The Balaban J connectivity index is 1.28. The van der Waals surface area contributed by atoms with Crippen LogP contribution in [0.2, 0.25) is 0 Å². The first-order valence-corrected chi connectivity index (χ1v) is 14.5. The van der Waals surface area contributed by atoms with Gasteiger partial charge in [0.15, 0.2) is 0 Å². The normalized spacial score (nSPS) is 17.4. The Hall–Kier alpha value is -3.16. The maximum absolute atomic E-state index is 13.4. The molecule has 2 aliphatic rings. The molecule has 206 valence electrons. The van der Waals surface area contributed by atoms with E-state index in [1.54, 1.807) is 6.20 Å². The topological polar surface area (TPSA) is 79.3 Å². The molecule has 3 atom stereocenters. The highest BCUT2D eigenvalue weighted by Crippen LogP contribution is 2.41. The highest BCUT2D eigenvalue weighted by Gasteiger charge is 2.35. The summed E-state index contributed by atoms with van der Waals surface area (Å²) in [5.74, 6) is 1.07. The van der Waals surface area contributed by atoms with Gasteiger partial charge in [0.25, 0.3) is 0 Å². The number of amides is 2. The summed E-state index contributed by atoms with van der Waals surface area (Å²) in [5.41, 5.74) is 3.29. The fourth-order valence-corrected chi connectivity index (χ4v) is 5.53.